The molecule has 2 aromatic carbocycles. The standard InChI is InChI=1S/C21H23F2N3OS.ClH/c1-13-11-14(2)19-17(12-13)28-21(24-19)26(10-6-9-25(3)4)20(27)18-15(22)7-5-8-16(18)23;/h5,7-8,11-12H,6,9-10H2,1-4H3;1H. The van der Waals surface area contributed by atoms with Crippen LogP contribution in [0.25, 0.3) is 10.2 Å². The summed E-state index contributed by atoms with van der Waals surface area (Å²) < 4.78 is 29.4. The van der Waals surface area contributed by atoms with E-state index in [2.05, 4.69) is 4.98 Å². The number of benzene rings is 2. The van der Waals surface area contributed by atoms with E-state index in [4.69, 9.17) is 0 Å². The lowest BCUT2D eigenvalue weighted by molar-refractivity contribution is 0.0978. The Morgan fingerprint density at radius 2 is 1.76 bits per heavy atom. The third kappa shape index (κ3) is 5.10. The van der Waals surface area contributed by atoms with Crippen molar-refractivity contribution in [3.8, 4) is 0 Å². The lowest BCUT2D eigenvalue weighted by atomic mass is 10.1. The van der Waals surface area contributed by atoms with Crippen LogP contribution in [-0.2, 0) is 0 Å². The van der Waals surface area contributed by atoms with Gasteiger partial charge in [0, 0.05) is 6.54 Å². The third-order valence-corrected chi connectivity index (χ3v) is 5.48. The van der Waals surface area contributed by atoms with Crippen LogP contribution >= 0.6 is 23.7 Å². The van der Waals surface area contributed by atoms with Gasteiger partial charge in [0.05, 0.1) is 10.2 Å². The first-order valence-electron chi connectivity index (χ1n) is 9.06. The Morgan fingerprint density at radius 3 is 2.38 bits per heavy atom. The van der Waals surface area contributed by atoms with Crippen LogP contribution < -0.4 is 4.90 Å². The van der Waals surface area contributed by atoms with E-state index in [0.717, 1.165) is 40.0 Å². The van der Waals surface area contributed by atoms with Gasteiger partial charge in [-0.25, -0.2) is 13.8 Å². The van der Waals surface area contributed by atoms with Gasteiger partial charge in [-0.3, -0.25) is 9.69 Å². The minimum atomic E-state index is -0.865. The Morgan fingerprint density at radius 1 is 1.10 bits per heavy atom. The SMILES string of the molecule is Cc1cc(C)c2nc(N(CCCN(C)C)C(=O)c3c(F)cccc3F)sc2c1.Cl. The Hall–Kier alpha value is -2.09. The van der Waals surface area contributed by atoms with Crippen LogP contribution in [0.5, 0.6) is 0 Å². The van der Waals surface area contributed by atoms with Crippen molar-refractivity contribution in [1.82, 2.24) is 9.88 Å². The number of thiazole rings is 1. The van der Waals surface area contributed by atoms with E-state index >= 15 is 0 Å². The Balaban J connectivity index is 0.00000300. The number of aromatic nitrogens is 1. The van der Waals surface area contributed by atoms with Gasteiger partial charge in [0.2, 0.25) is 0 Å². The van der Waals surface area contributed by atoms with Crippen molar-refractivity contribution in [2.75, 3.05) is 32.1 Å². The van der Waals surface area contributed by atoms with Crippen molar-refractivity contribution >= 4 is 45.0 Å². The number of hydrogen-bond donors (Lipinski definition) is 0. The Bertz CT molecular complexity index is 1000. The van der Waals surface area contributed by atoms with Crippen LogP contribution in [0.15, 0.2) is 30.3 Å². The number of aryl methyl sites for hydroxylation is 2. The molecule has 0 bridgehead atoms. The molecule has 8 heteroatoms. The van der Waals surface area contributed by atoms with Crippen molar-refractivity contribution < 1.29 is 13.6 Å². The van der Waals surface area contributed by atoms with E-state index in [9.17, 15) is 13.6 Å². The molecule has 0 aliphatic rings. The summed E-state index contributed by atoms with van der Waals surface area (Å²) in [6.07, 6.45) is 0.656. The molecule has 0 radical (unpaired) electrons. The maximum Gasteiger partial charge on any atom is 0.266 e. The molecule has 29 heavy (non-hydrogen) atoms. The Kier molecular flexibility index (Phi) is 7.68. The van der Waals surface area contributed by atoms with Crippen molar-refractivity contribution in [3.63, 3.8) is 0 Å². The van der Waals surface area contributed by atoms with E-state index in [0.29, 0.717) is 18.1 Å². The second-order valence-electron chi connectivity index (χ2n) is 7.14. The molecular formula is C21H24ClF2N3OS. The number of anilines is 1. The molecular weight excluding hydrogens is 416 g/mol. The molecule has 4 nitrogen and oxygen atoms in total. The molecule has 0 N–H and O–H groups in total. The highest BCUT2D eigenvalue weighted by atomic mass is 35.5. The molecule has 0 unspecified atom stereocenters. The third-order valence-electron chi connectivity index (χ3n) is 4.46. The van der Waals surface area contributed by atoms with Gasteiger partial charge >= 0.3 is 0 Å². The van der Waals surface area contributed by atoms with Crippen molar-refractivity contribution in [2.45, 2.75) is 20.3 Å². The molecule has 0 spiro atoms. The molecule has 1 heterocycles. The summed E-state index contributed by atoms with van der Waals surface area (Å²) in [5, 5.41) is 0.454. The predicted octanol–water partition coefficient (Wildman–Crippen LogP) is 5.21. The van der Waals surface area contributed by atoms with Gasteiger partial charge in [0.25, 0.3) is 5.91 Å². The van der Waals surface area contributed by atoms with Crippen molar-refractivity contribution in [3.05, 3.63) is 58.7 Å². The molecule has 0 aliphatic carbocycles. The number of nitrogens with zero attached hydrogens (tertiary/aromatic N) is 3. The highest BCUT2D eigenvalue weighted by Crippen LogP contribution is 2.33. The van der Waals surface area contributed by atoms with Crippen molar-refractivity contribution in [1.29, 1.82) is 0 Å². The molecule has 156 valence electrons. The highest BCUT2D eigenvalue weighted by molar-refractivity contribution is 7.22. The van der Waals surface area contributed by atoms with E-state index in [1.54, 1.807) is 0 Å². The van der Waals surface area contributed by atoms with Crippen LogP contribution in [0, 0.1) is 25.5 Å². The zero-order valence-electron chi connectivity index (χ0n) is 16.8. The molecule has 1 aromatic heterocycles. The average Bonchev–Trinajstić information content (AvgIpc) is 3.02. The van der Waals surface area contributed by atoms with Crippen LogP contribution in [0.3, 0.4) is 0 Å². The molecule has 3 aromatic rings. The van der Waals surface area contributed by atoms with Crippen molar-refractivity contribution in [2.24, 2.45) is 0 Å². The summed E-state index contributed by atoms with van der Waals surface area (Å²) in [5.41, 5.74) is 2.38. The molecule has 0 fully saturated rings. The van der Waals surface area contributed by atoms with Gasteiger partial charge < -0.3 is 4.90 Å². The maximum atomic E-state index is 14.2. The quantitative estimate of drug-likeness (QED) is 0.529. The largest absolute Gasteiger partial charge is 0.309 e. The van der Waals surface area contributed by atoms with E-state index < -0.39 is 23.1 Å². The minimum Gasteiger partial charge on any atom is -0.309 e. The van der Waals surface area contributed by atoms with Gasteiger partial charge in [-0.15, -0.1) is 12.4 Å². The fourth-order valence-electron chi connectivity index (χ4n) is 3.14. The van der Waals surface area contributed by atoms with Crippen LogP contribution in [0.2, 0.25) is 0 Å². The van der Waals surface area contributed by atoms with Gasteiger partial charge in [0.1, 0.15) is 17.2 Å². The molecule has 1 amide bonds. The molecule has 0 aliphatic heterocycles. The first-order valence-corrected chi connectivity index (χ1v) is 9.88. The van der Waals surface area contributed by atoms with Crippen LogP contribution in [0.4, 0.5) is 13.9 Å². The van der Waals surface area contributed by atoms with Gasteiger partial charge in [0.15, 0.2) is 5.13 Å². The maximum absolute atomic E-state index is 14.2. The zero-order valence-corrected chi connectivity index (χ0v) is 18.5. The summed E-state index contributed by atoms with van der Waals surface area (Å²) >= 11 is 1.36. The lowest BCUT2D eigenvalue weighted by Gasteiger charge is -2.21. The van der Waals surface area contributed by atoms with Gasteiger partial charge in [-0.2, -0.15) is 0 Å². The lowest BCUT2D eigenvalue weighted by Crippen LogP contribution is -2.34. The Labute approximate surface area is 179 Å². The van der Waals surface area contributed by atoms with Gasteiger partial charge in [-0.1, -0.05) is 23.5 Å². The van der Waals surface area contributed by atoms with E-state index in [-0.39, 0.29) is 12.4 Å². The number of fused-ring (bicyclic) bond motifs is 1. The molecule has 0 atom stereocenters. The normalized spacial score (nSPS) is 11.0. The first-order chi connectivity index (χ1) is 13.3. The zero-order chi connectivity index (χ0) is 20.4. The van der Waals surface area contributed by atoms with Crippen LogP contribution in [-0.4, -0.2) is 43.0 Å². The number of carbonyl (C=O) groups excluding carboxylic acids is 1. The second kappa shape index (κ2) is 9.61. The summed E-state index contributed by atoms with van der Waals surface area (Å²) in [4.78, 5) is 21.1. The predicted molar refractivity (Wildman–Crippen MR) is 118 cm³/mol. The van der Waals surface area contributed by atoms with E-state index in [1.165, 1.54) is 22.3 Å². The molecule has 3 rings (SSSR count). The first kappa shape index (κ1) is 23.2. The van der Waals surface area contributed by atoms with Gasteiger partial charge in [-0.05, 0) is 70.2 Å². The second-order valence-corrected chi connectivity index (χ2v) is 8.14. The number of halogens is 3. The number of rotatable bonds is 6. The summed E-state index contributed by atoms with van der Waals surface area (Å²) in [6.45, 7) is 5.03. The monoisotopic (exact) mass is 439 g/mol. The average molecular weight is 440 g/mol. The summed E-state index contributed by atoms with van der Waals surface area (Å²) in [7, 11) is 3.87. The van der Waals surface area contributed by atoms with Crippen LogP contribution in [0.1, 0.15) is 27.9 Å². The smallest absolute Gasteiger partial charge is 0.266 e. The fourth-order valence-corrected chi connectivity index (χ4v) is 4.31. The molecule has 0 saturated heterocycles. The van der Waals surface area contributed by atoms with E-state index in [1.807, 2.05) is 45.0 Å². The topological polar surface area (TPSA) is 36.4 Å². The summed E-state index contributed by atoms with van der Waals surface area (Å²) in [6, 6.07) is 7.48. The fraction of sp³-hybridized carbons (Fsp3) is 0.333. The number of hydrogen-bond acceptors (Lipinski definition) is 4. The summed E-state index contributed by atoms with van der Waals surface area (Å²) in [5.74, 6) is -2.44. The minimum absolute atomic E-state index is 0. The number of carbonyl (C=O) groups is 1. The highest BCUT2D eigenvalue weighted by Gasteiger charge is 2.26. The number of amides is 1. The molecule has 0 saturated carbocycles.